The molecule has 2 aromatic carbocycles. The van der Waals surface area contributed by atoms with Crippen molar-refractivity contribution in [3.63, 3.8) is 0 Å². The van der Waals surface area contributed by atoms with Crippen LogP contribution in [0, 0.1) is 5.82 Å². The molecule has 0 aliphatic heterocycles. The first-order valence-electron chi connectivity index (χ1n) is 9.41. The highest BCUT2D eigenvalue weighted by Gasteiger charge is 2.23. The van der Waals surface area contributed by atoms with Crippen LogP contribution in [0.5, 0.6) is 0 Å². The fourth-order valence-corrected chi connectivity index (χ4v) is 3.85. The predicted octanol–water partition coefficient (Wildman–Crippen LogP) is 4.46. The van der Waals surface area contributed by atoms with Gasteiger partial charge in [0.2, 0.25) is 5.91 Å². The van der Waals surface area contributed by atoms with E-state index in [1.54, 1.807) is 28.8 Å². The third kappa shape index (κ3) is 5.12. The van der Waals surface area contributed by atoms with Crippen molar-refractivity contribution in [2.45, 2.75) is 36.8 Å². The monoisotopic (exact) mass is 410 g/mol. The average Bonchev–Trinajstić information content (AvgIpc) is 3.13. The van der Waals surface area contributed by atoms with Gasteiger partial charge in [-0.25, -0.2) is 4.39 Å². The standard InChI is InChI=1S/C22H23FN4OS/c1-3-14-27-20(17-12-8-9-13-18(17)23)25-26-22(27)29-19(4-2)21(28)24-15-16-10-6-5-7-11-16/h3,5-13,19H,1,4,14-15H2,2H3,(H,24,28). The number of amides is 1. The molecule has 1 amide bonds. The van der Waals surface area contributed by atoms with Gasteiger partial charge >= 0.3 is 0 Å². The van der Waals surface area contributed by atoms with Gasteiger partial charge in [0.05, 0.1) is 10.8 Å². The van der Waals surface area contributed by atoms with Gasteiger partial charge in [0.25, 0.3) is 0 Å². The quantitative estimate of drug-likeness (QED) is 0.418. The summed E-state index contributed by atoms with van der Waals surface area (Å²) in [6.07, 6.45) is 2.33. The Morgan fingerprint density at radius 2 is 1.93 bits per heavy atom. The van der Waals surface area contributed by atoms with E-state index in [1.165, 1.54) is 17.8 Å². The zero-order chi connectivity index (χ0) is 20.6. The van der Waals surface area contributed by atoms with Crippen molar-refractivity contribution in [2.24, 2.45) is 0 Å². The lowest BCUT2D eigenvalue weighted by molar-refractivity contribution is -0.120. The molecule has 0 spiro atoms. The number of hydrogen-bond acceptors (Lipinski definition) is 4. The number of halogens is 1. The van der Waals surface area contributed by atoms with Crippen LogP contribution in [0.1, 0.15) is 18.9 Å². The average molecular weight is 411 g/mol. The lowest BCUT2D eigenvalue weighted by atomic mass is 10.2. The van der Waals surface area contributed by atoms with Crippen molar-refractivity contribution in [1.29, 1.82) is 0 Å². The molecule has 1 unspecified atom stereocenters. The van der Waals surface area contributed by atoms with E-state index in [4.69, 9.17) is 0 Å². The third-order valence-electron chi connectivity index (χ3n) is 4.36. The van der Waals surface area contributed by atoms with Gasteiger partial charge in [0.15, 0.2) is 11.0 Å². The van der Waals surface area contributed by atoms with Crippen molar-refractivity contribution in [3.05, 3.63) is 78.6 Å². The van der Waals surface area contributed by atoms with Crippen LogP contribution in [0.3, 0.4) is 0 Å². The Morgan fingerprint density at radius 1 is 1.21 bits per heavy atom. The maximum Gasteiger partial charge on any atom is 0.233 e. The molecule has 1 aromatic heterocycles. The molecule has 1 atom stereocenters. The molecule has 150 valence electrons. The van der Waals surface area contributed by atoms with E-state index in [9.17, 15) is 9.18 Å². The Bertz CT molecular complexity index is 974. The van der Waals surface area contributed by atoms with Crippen LogP contribution in [-0.4, -0.2) is 25.9 Å². The van der Waals surface area contributed by atoms with Crippen LogP contribution in [0.2, 0.25) is 0 Å². The minimum absolute atomic E-state index is 0.0676. The van der Waals surface area contributed by atoms with Crippen LogP contribution in [0.25, 0.3) is 11.4 Å². The first-order valence-corrected chi connectivity index (χ1v) is 10.3. The van der Waals surface area contributed by atoms with Crippen molar-refractivity contribution < 1.29 is 9.18 Å². The molecular weight excluding hydrogens is 387 g/mol. The molecule has 3 rings (SSSR count). The highest BCUT2D eigenvalue weighted by molar-refractivity contribution is 8.00. The highest BCUT2D eigenvalue weighted by Crippen LogP contribution is 2.29. The van der Waals surface area contributed by atoms with E-state index in [-0.39, 0.29) is 17.0 Å². The number of rotatable bonds is 9. The Kier molecular flexibility index (Phi) is 7.19. The number of carbonyl (C=O) groups excluding carboxylic acids is 1. The molecule has 1 heterocycles. The molecule has 3 aromatic rings. The number of carbonyl (C=O) groups is 1. The smallest absolute Gasteiger partial charge is 0.233 e. The van der Waals surface area contributed by atoms with Crippen molar-refractivity contribution in [2.75, 3.05) is 0 Å². The van der Waals surface area contributed by atoms with Gasteiger partial charge in [-0.2, -0.15) is 0 Å². The molecule has 7 heteroatoms. The lowest BCUT2D eigenvalue weighted by Crippen LogP contribution is -2.32. The van der Waals surface area contributed by atoms with Crippen LogP contribution < -0.4 is 5.32 Å². The first-order chi connectivity index (χ1) is 14.1. The van der Waals surface area contributed by atoms with Crippen LogP contribution in [0.15, 0.2) is 72.4 Å². The summed E-state index contributed by atoms with van der Waals surface area (Å²) in [6, 6.07) is 16.2. The van der Waals surface area contributed by atoms with Crippen LogP contribution in [0.4, 0.5) is 4.39 Å². The Balaban J connectivity index is 1.77. The molecule has 0 saturated carbocycles. The fraction of sp³-hybridized carbons (Fsp3) is 0.227. The molecular formula is C22H23FN4OS. The number of thioether (sulfide) groups is 1. The van der Waals surface area contributed by atoms with E-state index in [0.29, 0.717) is 36.1 Å². The number of aromatic nitrogens is 3. The minimum Gasteiger partial charge on any atom is -0.351 e. The van der Waals surface area contributed by atoms with Gasteiger partial charge in [-0.3, -0.25) is 9.36 Å². The zero-order valence-electron chi connectivity index (χ0n) is 16.2. The molecule has 0 aliphatic carbocycles. The van der Waals surface area contributed by atoms with Gasteiger partial charge in [0.1, 0.15) is 5.82 Å². The summed E-state index contributed by atoms with van der Waals surface area (Å²) in [4.78, 5) is 12.7. The summed E-state index contributed by atoms with van der Waals surface area (Å²) >= 11 is 1.33. The number of benzene rings is 2. The van der Waals surface area contributed by atoms with Crippen molar-refractivity contribution >= 4 is 17.7 Å². The number of nitrogens with zero attached hydrogens (tertiary/aromatic N) is 3. The summed E-state index contributed by atoms with van der Waals surface area (Å²) in [5.74, 6) is -0.0126. The summed E-state index contributed by atoms with van der Waals surface area (Å²) in [5, 5.41) is 11.6. The van der Waals surface area contributed by atoms with E-state index in [0.717, 1.165) is 5.56 Å². The second-order valence-corrected chi connectivity index (χ2v) is 7.57. The number of allylic oxidation sites excluding steroid dienone is 1. The van der Waals surface area contributed by atoms with Crippen LogP contribution >= 0.6 is 11.8 Å². The molecule has 0 saturated heterocycles. The molecule has 0 aliphatic rings. The molecule has 0 bridgehead atoms. The fourth-order valence-electron chi connectivity index (χ4n) is 2.86. The van der Waals surface area contributed by atoms with Crippen LogP contribution in [-0.2, 0) is 17.9 Å². The maximum atomic E-state index is 14.2. The van der Waals surface area contributed by atoms with Crippen molar-refractivity contribution in [3.8, 4) is 11.4 Å². The topological polar surface area (TPSA) is 59.8 Å². The second-order valence-electron chi connectivity index (χ2n) is 6.40. The Morgan fingerprint density at radius 3 is 2.62 bits per heavy atom. The summed E-state index contributed by atoms with van der Waals surface area (Å²) in [7, 11) is 0. The normalized spacial score (nSPS) is 11.8. The Hall–Kier alpha value is -2.93. The highest BCUT2D eigenvalue weighted by atomic mass is 32.2. The number of hydrogen-bond donors (Lipinski definition) is 1. The summed E-state index contributed by atoms with van der Waals surface area (Å²) in [6.45, 7) is 6.61. The molecule has 0 radical (unpaired) electrons. The number of nitrogens with one attached hydrogen (secondary N) is 1. The molecule has 0 fully saturated rings. The maximum absolute atomic E-state index is 14.2. The zero-order valence-corrected chi connectivity index (χ0v) is 17.0. The van der Waals surface area contributed by atoms with E-state index in [2.05, 4.69) is 22.1 Å². The van der Waals surface area contributed by atoms with E-state index >= 15 is 0 Å². The van der Waals surface area contributed by atoms with Crippen molar-refractivity contribution in [1.82, 2.24) is 20.1 Å². The minimum atomic E-state index is -0.366. The SMILES string of the molecule is C=CCn1c(SC(CC)C(=O)NCc2ccccc2)nnc1-c1ccccc1F. The van der Waals surface area contributed by atoms with Gasteiger partial charge < -0.3 is 5.32 Å². The first kappa shape index (κ1) is 20.8. The van der Waals surface area contributed by atoms with Gasteiger partial charge in [-0.1, -0.05) is 67.2 Å². The van der Waals surface area contributed by atoms with Gasteiger partial charge in [-0.15, -0.1) is 16.8 Å². The molecule has 5 nitrogen and oxygen atoms in total. The van der Waals surface area contributed by atoms with E-state index in [1.807, 2.05) is 37.3 Å². The van der Waals surface area contributed by atoms with Gasteiger partial charge in [0, 0.05) is 13.1 Å². The summed E-state index contributed by atoms with van der Waals surface area (Å²) in [5.41, 5.74) is 1.41. The predicted molar refractivity (Wildman–Crippen MR) is 114 cm³/mol. The van der Waals surface area contributed by atoms with Gasteiger partial charge in [-0.05, 0) is 24.1 Å². The summed E-state index contributed by atoms with van der Waals surface area (Å²) < 4.78 is 16.0. The molecule has 29 heavy (non-hydrogen) atoms. The molecule has 1 N–H and O–H groups in total. The largest absolute Gasteiger partial charge is 0.351 e. The van der Waals surface area contributed by atoms with E-state index < -0.39 is 0 Å². The second kappa shape index (κ2) is 10.0. The Labute approximate surface area is 174 Å². The lowest BCUT2D eigenvalue weighted by Gasteiger charge is -2.15. The third-order valence-corrected chi connectivity index (χ3v) is 5.71.